The van der Waals surface area contributed by atoms with Crippen LogP contribution in [-0.2, 0) is 11.3 Å². The number of benzene rings is 2. The van der Waals surface area contributed by atoms with E-state index >= 15 is 0 Å². The Labute approximate surface area is 221 Å². The highest BCUT2D eigenvalue weighted by atomic mass is 32.1. The molecule has 9 heteroatoms. The van der Waals surface area contributed by atoms with Crippen molar-refractivity contribution in [3.05, 3.63) is 76.5 Å². The molecule has 0 aliphatic carbocycles. The van der Waals surface area contributed by atoms with Crippen molar-refractivity contribution < 1.29 is 19.4 Å². The molecule has 1 aliphatic rings. The number of anilines is 1. The number of aliphatic hydroxyl groups is 1. The van der Waals surface area contributed by atoms with Crippen molar-refractivity contribution in [3.8, 4) is 11.1 Å². The minimum absolute atomic E-state index is 0.0657. The largest absolute Gasteiger partial charge is 0.446 e. The number of amides is 2. The quantitative estimate of drug-likeness (QED) is 0.285. The zero-order valence-corrected chi connectivity index (χ0v) is 21.6. The fraction of sp³-hybridized carbons (Fsp3) is 0.357. The highest BCUT2D eigenvalue weighted by molar-refractivity contribution is 7.14. The summed E-state index contributed by atoms with van der Waals surface area (Å²) in [5.41, 5.74) is 2.72. The maximum absolute atomic E-state index is 12.6. The number of piperidine rings is 1. The summed E-state index contributed by atoms with van der Waals surface area (Å²) in [4.78, 5) is 29.0. The fourth-order valence-corrected chi connectivity index (χ4v) is 5.20. The van der Waals surface area contributed by atoms with E-state index in [9.17, 15) is 9.59 Å². The van der Waals surface area contributed by atoms with E-state index in [0.29, 0.717) is 24.5 Å². The van der Waals surface area contributed by atoms with Gasteiger partial charge in [0, 0.05) is 49.7 Å². The molecule has 2 amide bonds. The smallest absolute Gasteiger partial charge is 0.411 e. The van der Waals surface area contributed by atoms with Gasteiger partial charge in [-0.2, -0.15) is 0 Å². The number of para-hydroxylation sites is 1. The third-order valence-electron chi connectivity index (χ3n) is 6.24. The highest BCUT2D eigenvalue weighted by Gasteiger charge is 2.23. The molecule has 8 nitrogen and oxygen atoms in total. The van der Waals surface area contributed by atoms with Crippen LogP contribution in [0.4, 0.5) is 10.5 Å². The molecule has 2 heterocycles. The molecule has 37 heavy (non-hydrogen) atoms. The number of thiophene rings is 1. The predicted octanol–water partition coefficient (Wildman–Crippen LogP) is 3.94. The topological polar surface area (TPSA) is 103 Å². The summed E-state index contributed by atoms with van der Waals surface area (Å²) in [6.07, 6.45) is 0.961. The molecule has 1 aromatic heterocycles. The number of nitrogens with zero attached hydrogens (tertiary/aromatic N) is 1. The number of nitrogens with one attached hydrogen (secondary N) is 3. The molecule has 1 fully saturated rings. The Balaban J connectivity index is 1.15. The average Bonchev–Trinajstić information content (AvgIpc) is 3.40. The van der Waals surface area contributed by atoms with Gasteiger partial charge in [0.05, 0.1) is 17.2 Å². The first-order valence-electron chi connectivity index (χ1n) is 12.7. The van der Waals surface area contributed by atoms with E-state index in [1.165, 1.54) is 11.3 Å². The fourth-order valence-electron chi connectivity index (χ4n) is 4.30. The van der Waals surface area contributed by atoms with Crippen LogP contribution < -0.4 is 16.0 Å². The molecular formula is C28H34N4O4S. The predicted molar refractivity (Wildman–Crippen MR) is 147 cm³/mol. The molecule has 0 bridgehead atoms. The molecule has 1 aliphatic heterocycles. The van der Waals surface area contributed by atoms with Gasteiger partial charge >= 0.3 is 6.09 Å². The second kappa shape index (κ2) is 13.9. The Kier molecular flexibility index (Phi) is 10.1. The second-order valence-electron chi connectivity index (χ2n) is 8.91. The summed E-state index contributed by atoms with van der Waals surface area (Å²) in [5.74, 6) is -0.0657. The number of likely N-dealkylation sites (tertiary alicyclic amines) is 1. The monoisotopic (exact) mass is 522 g/mol. The van der Waals surface area contributed by atoms with Crippen LogP contribution >= 0.6 is 11.3 Å². The molecule has 4 N–H and O–H groups in total. The number of hydrogen-bond donors (Lipinski definition) is 4. The Morgan fingerprint density at radius 1 is 0.973 bits per heavy atom. The number of carbonyl (C=O) groups is 2. The van der Waals surface area contributed by atoms with Gasteiger partial charge in [-0.3, -0.25) is 10.1 Å². The maximum Gasteiger partial charge on any atom is 0.411 e. The number of ether oxygens (including phenoxy) is 1. The van der Waals surface area contributed by atoms with Crippen LogP contribution in [-0.4, -0.2) is 67.4 Å². The molecule has 0 saturated carbocycles. The third kappa shape index (κ3) is 8.13. The summed E-state index contributed by atoms with van der Waals surface area (Å²) >= 11 is 1.46. The minimum atomic E-state index is -0.434. The van der Waals surface area contributed by atoms with Gasteiger partial charge in [0.25, 0.3) is 5.91 Å². The number of rotatable bonds is 11. The van der Waals surface area contributed by atoms with Gasteiger partial charge in [0.15, 0.2) is 0 Å². The number of aliphatic hydroxyl groups excluding tert-OH is 1. The molecule has 4 rings (SSSR count). The molecule has 2 aromatic carbocycles. The molecule has 0 atom stereocenters. The first-order chi connectivity index (χ1) is 18.1. The van der Waals surface area contributed by atoms with Crippen LogP contribution in [0.1, 0.15) is 27.4 Å². The van der Waals surface area contributed by atoms with Gasteiger partial charge in [-0.15, -0.1) is 11.3 Å². The number of carbonyl (C=O) groups excluding carboxylic acids is 2. The van der Waals surface area contributed by atoms with Crippen LogP contribution in [0.2, 0.25) is 0 Å². The van der Waals surface area contributed by atoms with Crippen molar-refractivity contribution >= 4 is 29.0 Å². The van der Waals surface area contributed by atoms with Crippen molar-refractivity contribution in [3.63, 3.8) is 0 Å². The Hall–Kier alpha value is -3.24. The number of hydrogen-bond acceptors (Lipinski definition) is 7. The Morgan fingerprint density at radius 3 is 2.51 bits per heavy atom. The SMILES string of the molecule is O=C(Nc1ccccc1-c1ccccc1)OC1CCN(CCNC(=O)c2ccc(CNCCO)s2)CC1. The van der Waals surface area contributed by atoms with E-state index in [1.807, 2.05) is 66.7 Å². The van der Waals surface area contributed by atoms with Gasteiger partial charge in [0.2, 0.25) is 0 Å². The van der Waals surface area contributed by atoms with Crippen LogP contribution in [0.3, 0.4) is 0 Å². The zero-order chi connectivity index (χ0) is 25.9. The second-order valence-corrected chi connectivity index (χ2v) is 10.1. The van der Waals surface area contributed by atoms with Gasteiger partial charge < -0.3 is 25.4 Å². The maximum atomic E-state index is 12.6. The summed E-state index contributed by atoms with van der Waals surface area (Å²) in [6, 6.07) is 21.4. The van der Waals surface area contributed by atoms with Crippen molar-refractivity contribution in [2.45, 2.75) is 25.5 Å². The lowest BCUT2D eigenvalue weighted by molar-refractivity contribution is 0.0587. The lowest BCUT2D eigenvalue weighted by Crippen LogP contribution is -2.42. The van der Waals surface area contributed by atoms with Crippen molar-refractivity contribution in [1.82, 2.24) is 15.5 Å². The van der Waals surface area contributed by atoms with Crippen molar-refractivity contribution in [1.29, 1.82) is 0 Å². The van der Waals surface area contributed by atoms with E-state index in [-0.39, 0.29) is 18.6 Å². The molecule has 1 saturated heterocycles. The lowest BCUT2D eigenvalue weighted by Gasteiger charge is -2.31. The van der Waals surface area contributed by atoms with E-state index in [0.717, 1.165) is 54.2 Å². The minimum Gasteiger partial charge on any atom is -0.446 e. The third-order valence-corrected chi connectivity index (χ3v) is 7.33. The summed E-state index contributed by atoms with van der Waals surface area (Å²) in [5, 5.41) is 17.9. The molecule has 0 spiro atoms. The van der Waals surface area contributed by atoms with E-state index < -0.39 is 6.09 Å². The first-order valence-corrected chi connectivity index (χ1v) is 13.5. The van der Waals surface area contributed by atoms with Gasteiger partial charge in [-0.1, -0.05) is 48.5 Å². The molecule has 0 unspecified atom stereocenters. The molecular weight excluding hydrogens is 488 g/mol. The Morgan fingerprint density at radius 2 is 1.73 bits per heavy atom. The summed E-state index contributed by atoms with van der Waals surface area (Å²) in [7, 11) is 0. The van der Waals surface area contributed by atoms with Gasteiger partial charge in [0.1, 0.15) is 6.10 Å². The van der Waals surface area contributed by atoms with Crippen molar-refractivity contribution in [2.75, 3.05) is 44.6 Å². The summed E-state index contributed by atoms with van der Waals surface area (Å²) in [6.45, 7) is 4.23. The normalized spacial score (nSPS) is 14.3. The Bertz CT molecular complexity index is 1150. The van der Waals surface area contributed by atoms with Crippen molar-refractivity contribution in [2.24, 2.45) is 0 Å². The summed E-state index contributed by atoms with van der Waals surface area (Å²) < 4.78 is 5.71. The molecule has 3 aromatic rings. The van der Waals surface area contributed by atoms with E-state index in [4.69, 9.17) is 9.84 Å². The molecule has 196 valence electrons. The van der Waals surface area contributed by atoms with Gasteiger partial charge in [-0.05, 0) is 36.6 Å². The van der Waals surface area contributed by atoms with E-state index in [2.05, 4.69) is 20.9 Å². The highest BCUT2D eigenvalue weighted by Crippen LogP contribution is 2.28. The zero-order valence-electron chi connectivity index (χ0n) is 20.8. The van der Waals surface area contributed by atoms with Crippen LogP contribution in [0.15, 0.2) is 66.7 Å². The van der Waals surface area contributed by atoms with E-state index in [1.54, 1.807) is 0 Å². The molecule has 0 radical (unpaired) electrons. The van der Waals surface area contributed by atoms with Gasteiger partial charge in [-0.25, -0.2) is 4.79 Å². The van der Waals surface area contributed by atoms with Crippen LogP contribution in [0.5, 0.6) is 0 Å². The standard InChI is InChI=1S/C28H34N4O4S/c33-19-15-29-20-23-10-11-26(37-23)27(34)30-14-18-32-16-12-22(13-17-32)36-28(35)31-25-9-5-4-8-24(25)21-6-2-1-3-7-21/h1-11,22,29,33H,12-20H2,(H,30,34)(H,31,35). The van der Waals surface area contributed by atoms with Crippen LogP contribution in [0, 0.1) is 0 Å². The average molecular weight is 523 g/mol. The lowest BCUT2D eigenvalue weighted by atomic mass is 10.0. The first kappa shape index (κ1) is 26.8. The van der Waals surface area contributed by atoms with Crippen LogP contribution in [0.25, 0.3) is 11.1 Å².